The van der Waals surface area contributed by atoms with Crippen LogP contribution < -0.4 is 0 Å². The highest BCUT2D eigenvalue weighted by Crippen LogP contribution is 2.36. The molecule has 1 aliphatic rings. The highest BCUT2D eigenvalue weighted by molar-refractivity contribution is 7.89. The predicted molar refractivity (Wildman–Crippen MR) is 69.5 cm³/mol. The van der Waals surface area contributed by atoms with Gasteiger partial charge in [0.25, 0.3) is 0 Å². The van der Waals surface area contributed by atoms with Crippen LogP contribution in [0, 0.1) is 5.92 Å². The highest BCUT2D eigenvalue weighted by atomic mass is 32.2. The van der Waals surface area contributed by atoms with Crippen LogP contribution in [0.4, 0.5) is 0 Å². The van der Waals surface area contributed by atoms with Crippen LogP contribution in [0.3, 0.4) is 0 Å². The molecule has 1 saturated carbocycles. The second-order valence-electron chi connectivity index (χ2n) is 5.08. The molecule has 6 nitrogen and oxygen atoms in total. The molecule has 0 bridgehead atoms. The molecule has 7 heteroatoms. The van der Waals surface area contributed by atoms with Crippen LogP contribution in [0.15, 0.2) is 17.2 Å². The second-order valence-corrected chi connectivity index (χ2v) is 7.07. The van der Waals surface area contributed by atoms with Crippen molar-refractivity contribution in [1.82, 2.24) is 8.87 Å². The average molecular weight is 286 g/mol. The first kappa shape index (κ1) is 14.1. The fourth-order valence-corrected chi connectivity index (χ4v) is 3.64. The van der Waals surface area contributed by atoms with E-state index in [0.29, 0.717) is 5.92 Å². The fraction of sp³-hybridized carbons (Fsp3) is 0.583. The predicted octanol–water partition coefficient (Wildman–Crippen LogP) is 1.14. The maximum Gasteiger partial charge on any atom is 0.352 e. The molecule has 0 saturated heterocycles. The van der Waals surface area contributed by atoms with Crippen LogP contribution >= 0.6 is 0 Å². The van der Waals surface area contributed by atoms with Crippen molar-refractivity contribution in [1.29, 1.82) is 0 Å². The van der Waals surface area contributed by atoms with Crippen LogP contribution in [0.25, 0.3) is 0 Å². The van der Waals surface area contributed by atoms with Crippen molar-refractivity contribution < 1.29 is 18.3 Å². The summed E-state index contributed by atoms with van der Waals surface area (Å²) in [7, 11) is -0.561. The maximum absolute atomic E-state index is 12.4. The van der Waals surface area contributed by atoms with Gasteiger partial charge in [0.15, 0.2) is 0 Å². The number of rotatable bonds is 5. The van der Waals surface area contributed by atoms with E-state index >= 15 is 0 Å². The van der Waals surface area contributed by atoms with E-state index in [1.54, 1.807) is 7.05 Å². The van der Waals surface area contributed by atoms with E-state index < -0.39 is 16.0 Å². The van der Waals surface area contributed by atoms with Gasteiger partial charge in [-0.2, -0.15) is 4.31 Å². The monoisotopic (exact) mass is 286 g/mol. The first-order chi connectivity index (χ1) is 8.75. The van der Waals surface area contributed by atoms with Gasteiger partial charge in [-0.25, -0.2) is 13.2 Å². The molecule has 0 aromatic carbocycles. The topological polar surface area (TPSA) is 79.6 Å². The molecule has 1 aromatic rings. The van der Waals surface area contributed by atoms with E-state index in [4.69, 9.17) is 5.11 Å². The zero-order valence-corrected chi connectivity index (χ0v) is 12.0. The third kappa shape index (κ3) is 2.52. The number of carboxylic acid groups (broad SMARTS) is 1. The number of sulfonamides is 1. The summed E-state index contributed by atoms with van der Waals surface area (Å²) in [6, 6.07) is 1.15. The fourth-order valence-electron chi connectivity index (χ4n) is 2.15. The summed E-state index contributed by atoms with van der Waals surface area (Å²) in [5.41, 5.74) is -0.0361. The van der Waals surface area contributed by atoms with E-state index in [0.717, 1.165) is 12.8 Å². The first-order valence-electron chi connectivity index (χ1n) is 6.13. The molecule has 0 radical (unpaired) electrons. The van der Waals surface area contributed by atoms with Gasteiger partial charge in [-0.3, -0.25) is 0 Å². The largest absolute Gasteiger partial charge is 0.477 e. The second kappa shape index (κ2) is 4.64. The van der Waals surface area contributed by atoms with Crippen molar-refractivity contribution in [2.45, 2.75) is 30.7 Å². The zero-order valence-electron chi connectivity index (χ0n) is 11.2. The minimum absolute atomic E-state index is 0.0300. The summed E-state index contributed by atoms with van der Waals surface area (Å²) >= 11 is 0. The Bertz CT molecular complexity index is 601. The Kier molecular flexibility index (Phi) is 3.44. The molecular weight excluding hydrogens is 268 g/mol. The summed E-state index contributed by atoms with van der Waals surface area (Å²) in [6.07, 6.45) is 3.45. The van der Waals surface area contributed by atoms with Gasteiger partial charge in [0.05, 0.1) is 0 Å². The zero-order chi connectivity index (χ0) is 14.4. The van der Waals surface area contributed by atoms with Crippen LogP contribution in [-0.2, 0) is 17.1 Å². The molecule has 1 aromatic heterocycles. The molecule has 0 amide bonds. The molecule has 2 rings (SSSR count). The van der Waals surface area contributed by atoms with Gasteiger partial charge in [-0.15, -0.1) is 0 Å². The molecular formula is C12H18N2O4S. The van der Waals surface area contributed by atoms with Gasteiger partial charge >= 0.3 is 5.97 Å². The lowest BCUT2D eigenvalue weighted by atomic mass is 10.2. The van der Waals surface area contributed by atoms with Crippen molar-refractivity contribution >= 4 is 16.0 Å². The lowest BCUT2D eigenvalue weighted by molar-refractivity contribution is 0.0686. The van der Waals surface area contributed by atoms with Crippen molar-refractivity contribution in [2.75, 3.05) is 7.05 Å². The quantitative estimate of drug-likeness (QED) is 0.880. The van der Waals surface area contributed by atoms with Gasteiger partial charge in [0, 0.05) is 26.3 Å². The smallest absolute Gasteiger partial charge is 0.352 e. The van der Waals surface area contributed by atoms with Gasteiger partial charge in [-0.05, 0) is 31.7 Å². The van der Waals surface area contributed by atoms with Gasteiger partial charge in [-0.1, -0.05) is 0 Å². The molecule has 1 heterocycles. The van der Waals surface area contributed by atoms with Crippen molar-refractivity contribution in [3.63, 3.8) is 0 Å². The Hall–Kier alpha value is -1.34. The maximum atomic E-state index is 12.4. The first-order valence-corrected chi connectivity index (χ1v) is 7.57. The van der Waals surface area contributed by atoms with Gasteiger partial charge < -0.3 is 9.67 Å². The van der Waals surface area contributed by atoms with Gasteiger partial charge in [0.1, 0.15) is 10.6 Å². The summed E-state index contributed by atoms with van der Waals surface area (Å²) in [5, 5.41) is 8.96. The van der Waals surface area contributed by atoms with Crippen molar-refractivity contribution in [3.05, 3.63) is 18.0 Å². The Morgan fingerprint density at radius 2 is 2.11 bits per heavy atom. The van der Waals surface area contributed by atoms with E-state index in [-0.39, 0.29) is 16.6 Å². The van der Waals surface area contributed by atoms with E-state index in [2.05, 4.69) is 0 Å². The number of carbonyl (C=O) groups is 1. The SMILES string of the molecule is CC(C1CC1)N(C)S(=O)(=O)c1cc(C(=O)O)n(C)c1. The lowest BCUT2D eigenvalue weighted by Crippen LogP contribution is -2.36. The number of carboxylic acids is 1. The van der Waals surface area contributed by atoms with Crippen molar-refractivity contribution in [2.24, 2.45) is 13.0 Å². The Balaban J connectivity index is 2.33. The Labute approximate surface area is 112 Å². The number of nitrogens with zero attached hydrogens (tertiary/aromatic N) is 2. The molecule has 0 aliphatic heterocycles. The minimum atomic E-state index is -3.63. The number of aromatic nitrogens is 1. The summed E-state index contributed by atoms with van der Waals surface area (Å²) < 4.78 is 27.5. The van der Waals surface area contributed by atoms with E-state index in [9.17, 15) is 13.2 Å². The third-order valence-corrected chi connectivity index (χ3v) is 5.66. The molecule has 0 spiro atoms. The summed E-state index contributed by atoms with van der Waals surface area (Å²) in [6.45, 7) is 1.89. The van der Waals surface area contributed by atoms with Crippen LogP contribution in [0.5, 0.6) is 0 Å². The molecule has 1 N–H and O–H groups in total. The van der Waals surface area contributed by atoms with Crippen LogP contribution in [0.1, 0.15) is 30.3 Å². The Morgan fingerprint density at radius 1 is 1.53 bits per heavy atom. The van der Waals surface area contributed by atoms with E-state index in [1.165, 1.54) is 28.2 Å². The summed E-state index contributed by atoms with van der Waals surface area (Å²) in [5.74, 6) is -0.718. The number of hydrogen-bond donors (Lipinski definition) is 1. The average Bonchev–Trinajstić information content (AvgIpc) is 3.09. The lowest BCUT2D eigenvalue weighted by Gasteiger charge is -2.23. The normalized spacial score (nSPS) is 17.7. The van der Waals surface area contributed by atoms with Gasteiger partial charge in [0.2, 0.25) is 10.0 Å². The number of hydrogen-bond acceptors (Lipinski definition) is 3. The highest BCUT2D eigenvalue weighted by Gasteiger charge is 2.36. The number of aryl methyl sites for hydroxylation is 1. The molecule has 1 aliphatic carbocycles. The molecule has 106 valence electrons. The molecule has 1 unspecified atom stereocenters. The molecule has 1 atom stereocenters. The summed E-state index contributed by atoms with van der Waals surface area (Å²) in [4.78, 5) is 11.0. The van der Waals surface area contributed by atoms with Crippen LogP contribution in [0.2, 0.25) is 0 Å². The Morgan fingerprint density at radius 3 is 2.53 bits per heavy atom. The molecule has 19 heavy (non-hydrogen) atoms. The number of aromatic carboxylic acids is 1. The molecule has 1 fully saturated rings. The van der Waals surface area contributed by atoms with Crippen molar-refractivity contribution in [3.8, 4) is 0 Å². The minimum Gasteiger partial charge on any atom is -0.477 e. The standard InChI is InChI=1S/C12H18N2O4S/c1-8(9-4-5-9)14(3)19(17,18)10-6-11(12(15)16)13(2)7-10/h6-9H,4-5H2,1-3H3,(H,15,16). The third-order valence-electron chi connectivity index (χ3n) is 3.75. The van der Waals surface area contributed by atoms with E-state index in [1.807, 2.05) is 6.92 Å². The van der Waals surface area contributed by atoms with Crippen LogP contribution in [-0.4, -0.2) is 41.5 Å².